The molecule has 0 aliphatic carbocycles. The van der Waals surface area contributed by atoms with Crippen LogP contribution in [0, 0.1) is 6.92 Å². The van der Waals surface area contributed by atoms with Gasteiger partial charge >= 0.3 is 0 Å². The molecular weight excluding hydrogens is 292 g/mol. The number of rotatable bonds is 4. The van der Waals surface area contributed by atoms with Crippen molar-refractivity contribution in [1.29, 1.82) is 0 Å². The lowest BCUT2D eigenvalue weighted by atomic mass is 10.3. The molecule has 120 valence electrons. The van der Waals surface area contributed by atoms with E-state index >= 15 is 0 Å². The third-order valence-corrected chi connectivity index (χ3v) is 3.85. The van der Waals surface area contributed by atoms with Gasteiger partial charge in [0.25, 0.3) is 5.91 Å². The van der Waals surface area contributed by atoms with E-state index in [4.69, 9.17) is 4.74 Å². The van der Waals surface area contributed by atoms with E-state index in [0.29, 0.717) is 13.1 Å². The molecule has 0 radical (unpaired) electrons. The topological polar surface area (TPSA) is 58.6 Å². The first-order valence-corrected chi connectivity index (χ1v) is 7.71. The molecule has 0 spiro atoms. The van der Waals surface area contributed by atoms with Crippen LogP contribution in [0.2, 0.25) is 0 Å². The van der Waals surface area contributed by atoms with Crippen LogP contribution in [0.1, 0.15) is 5.69 Å². The third-order valence-electron chi connectivity index (χ3n) is 3.85. The maximum absolute atomic E-state index is 12.2. The van der Waals surface area contributed by atoms with Crippen molar-refractivity contribution in [2.75, 3.05) is 37.7 Å². The Morgan fingerprint density at radius 3 is 2.57 bits per heavy atom. The Kier molecular flexibility index (Phi) is 4.71. The average molecular weight is 312 g/mol. The quantitative estimate of drug-likeness (QED) is 0.856. The molecule has 6 heteroatoms. The predicted octanol–water partition coefficient (Wildman–Crippen LogP) is 1.51. The summed E-state index contributed by atoms with van der Waals surface area (Å²) in [4.78, 5) is 24.7. The van der Waals surface area contributed by atoms with Gasteiger partial charge < -0.3 is 14.5 Å². The van der Waals surface area contributed by atoms with E-state index in [-0.39, 0.29) is 12.5 Å². The molecule has 0 saturated carbocycles. The van der Waals surface area contributed by atoms with E-state index in [1.807, 2.05) is 48.2 Å². The first-order valence-electron chi connectivity index (χ1n) is 7.71. The summed E-state index contributed by atoms with van der Waals surface area (Å²) >= 11 is 0. The van der Waals surface area contributed by atoms with Crippen LogP contribution in [-0.4, -0.2) is 53.6 Å². The average Bonchev–Trinajstić information content (AvgIpc) is 2.61. The van der Waals surface area contributed by atoms with Gasteiger partial charge in [-0.25, -0.2) is 9.97 Å². The van der Waals surface area contributed by atoms with Crippen LogP contribution in [-0.2, 0) is 4.79 Å². The highest BCUT2D eigenvalue weighted by atomic mass is 16.5. The molecule has 0 N–H and O–H groups in total. The lowest BCUT2D eigenvalue weighted by Crippen LogP contribution is -2.50. The molecule has 3 rings (SSSR count). The van der Waals surface area contributed by atoms with Crippen molar-refractivity contribution in [2.45, 2.75) is 6.92 Å². The van der Waals surface area contributed by atoms with Gasteiger partial charge in [0.1, 0.15) is 17.9 Å². The lowest BCUT2D eigenvalue weighted by Gasteiger charge is -2.35. The van der Waals surface area contributed by atoms with Gasteiger partial charge in [-0.2, -0.15) is 0 Å². The molecule has 23 heavy (non-hydrogen) atoms. The fourth-order valence-corrected chi connectivity index (χ4v) is 2.55. The molecule has 1 aliphatic rings. The van der Waals surface area contributed by atoms with E-state index in [9.17, 15) is 4.79 Å². The largest absolute Gasteiger partial charge is 0.484 e. The second kappa shape index (κ2) is 7.09. The summed E-state index contributed by atoms with van der Waals surface area (Å²) in [7, 11) is 0. The van der Waals surface area contributed by atoms with Crippen LogP contribution in [0.5, 0.6) is 5.75 Å². The zero-order valence-corrected chi connectivity index (χ0v) is 13.2. The number of hydrogen-bond acceptors (Lipinski definition) is 5. The minimum atomic E-state index is 0.0207. The summed E-state index contributed by atoms with van der Waals surface area (Å²) in [5, 5.41) is 0. The number of piperazine rings is 1. The Labute approximate surface area is 135 Å². The van der Waals surface area contributed by atoms with Crippen molar-refractivity contribution >= 4 is 11.7 Å². The Morgan fingerprint density at radius 2 is 1.87 bits per heavy atom. The lowest BCUT2D eigenvalue weighted by molar-refractivity contribution is -0.133. The number of aromatic nitrogens is 2. The maximum atomic E-state index is 12.2. The van der Waals surface area contributed by atoms with Gasteiger partial charge in [-0.3, -0.25) is 4.79 Å². The molecular formula is C17H20N4O2. The van der Waals surface area contributed by atoms with Crippen molar-refractivity contribution in [3.8, 4) is 5.75 Å². The van der Waals surface area contributed by atoms with Gasteiger partial charge in [0.2, 0.25) is 0 Å². The van der Waals surface area contributed by atoms with Crippen LogP contribution >= 0.6 is 0 Å². The van der Waals surface area contributed by atoms with Crippen molar-refractivity contribution in [1.82, 2.24) is 14.9 Å². The van der Waals surface area contributed by atoms with Gasteiger partial charge in [-0.15, -0.1) is 0 Å². The Bertz CT molecular complexity index is 655. The van der Waals surface area contributed by atoms with Crippen molar-refractivity contribution in [3.05, 3.63) is 48.4 Å². The molecule has 1 saturated heterocycles. The number of anilines is 1. The van der Waals surface area contributed by atoms with Crippen LogP contribution < -0.4 is 9.64 Å². The summed E-state index contributed by atoms with van der Waals surface area (Å²) in [5.41, 5.74) is 0.949. The Morgan fingerprint density at radius 1 is 1.13 bits per heavy atom. The van der Waals surface area contributed by atoms with Crippen molar-refractivity contribution in [3.63, 3.8) is 0 Å². The Hall–Kier alpha value is -2.63. The van der Waals surface area contributed by atoms with Crippen LogP contribution in [0.4, 0.5) is 5.82 Å². The fraction of sp³-hybridized carbons (Fsp3) is 0.353. The molecule has 1 aliphatic heterocycles. The summed E-state index contributed by atoms with van der Waals surface area (Å²) in [6.07, 6.45) is 1.58. The first-order chi connectivity index (χ1) is 11.2. The number of ether oxygens (including phenoxy) is 1. The standard InChI is InChI=1S/C17H20N4O2/c1-14-11-16(19-13-18-14)20-7-9-21(10-8-20)17(22)12-23-15-5-3-2-4-6-15/h2-6,11,13H,7-10,12H2,1H3. The maximum Gasteiger partial charge on any atom is 0.260 e. The molecule has 2 aromatic rings. The van der Waals surface area contributed by atoms with Gasteiger partial charge in [0.05, 0.1) is 0 Å². The van der Waals surface area contributed by atoms with Crippen LogP contribution in [0.25, 0.3) is 0 Å². The molecule has 0 atom stereocenters. The molecule has 1 amide bonds. The molecule has 0 bridgehead atoms. The van der Waals surface area contributed by atoms with Crippen LogP contribution in [0.3, 0.4) is 0 Å². The highest BCUT2D eigenvalue weighted by Gasteiger charge is 2.22. The van der Waals surface area contributed by atoms with E-state index in [0.717, 1.165) is 30.4 Å². The molecule has 1 aromatic carbocycles. The van der Waals surface area contributed by atoms with E-state index < -0.39 is 0 Å². The highest BCUT2D eigenvalue weighted by Crippen LogP contribution is 2.14. The minimum absolute atomic E-state index is 0.0207. The monoisotopic (exact) mass is 312 g/mol. The fourth-order valence-electron chi connectivity index (χ4n) is 2.55. The zero-order valence-electron chi connectivity index (χ0n) is 13.2. The highest BCUT2D eigenvalue weighted by molar-refractivity contribution is 5.78. The minimum Gasteiger partial charge on any atom is -0.484 e. The SMILES string of the molecule is Cc1cc(N2CCN(C(=O)COc3ccccc3)CC2)ncn1. The number of aryl methyl sites for hydroxylation is 1. The van der Waals surface area contributed by atoms with Gasteiger partial charge in [-0.05, 0) is 19.1 Å². The molecule has 6 nitrogen and oxygen atoms in total. The van der Waals surface area contributed by atoms with Gasteiger partial charge in [-0.1, -0.05) is 18.2 Å². The number of benzene rings is 1. The van der Waals surface area contributed by atoms with Crippen LogP contribution in [0.15, 0.2) is 42.7 Å². The third kappa shape index (κ3) is 3.97. The Balaban J connectivity index is 1.49. The van der Waals surface area contributed by atoms with Crippen molar-refractivity contribution < 1.29 is 9.53 Å². The van der Waals surface area contributed by atoms with E-state index in [1.54, 1.807) is 6.33 Å². The smallest absolute Gasteiger partial charge is 0.260 e. The summed E-state index contributed by atoms with van der Waals surface area (Å²) < 4.78 is 5.52. The first kappa shape index (κ1) is 15.3. The van der Waals surface area contributed by atoms with Gasteiger partial charge in [0, 0.05) is 37.9 Å². The molecule has 1 aromatic heterocycles. The number of amides is 1. The normalized spacial score (nSPS) is 14.7. The number of nitrogens with zero attached hydrogens (tertiary/aromatic N) is 4. The number of para-hydroxylation sites is 1. The second-order valence-corrected chi connectivity index (χ2v) is 5.49. The summed E-state index contributed by atoms with van der Waals surface area (Å²) in [6, 6.07) is 11.4. The number of carbonyl (C=O) groups excluding carboxylic acids is 1. The van der Waals surface area contributed by atoms with Crippen molar-refractivity contribution in [2.24, 2.45) is 0 Å². The molecule has 2 heterocycles. The number of hydrogen-bond donors (Lipinski definition) is 0. The van der Waals surface area contributed by atoms with E-state index in [1.165, 1.54) is 0 Å². The molecule has 0 unspecified atom stereocenters. The number of carbonyl (C=O) groups is 1. The summed E-state index contributed by atoms with van der Waals surface area (Å²) in [6.45, 7) is 4.93. The van der Waals surface area contributed by atoms with E-state index in [2.05, 4.69) is 14.9 Å². The van der Waals surface area contributed by atoms with Gasteiger partial charge in [0.15, 0.2) is 6.61 Å². The zero-order chi connectivity index (χ0) is 16.1. The summed E-state index contributed by atoms with van der Waals surface area (Å²) in [5.74, 6) is 1.66. The molecule has 1 fully saturated rings. The second-order valence-electron chi connectivity index (χ2n) is 5.49. The predicted molar refractivity (Wildman–Crippen MR) is 87.5 cm³/mol.